The third-order valence-electron chi connectivity index (χ3n) is 8.46. The second-order valence-corrected chi connectivity index (χ2v) is 12.1. The second kappa shape index (κ2) is 11.5. The van der Waals surface area contributed by atoms with Gasteiger partial charge in [-0.05, 0) is 62.3 Å². The molecule has 43 heavy (non-hydrogen) atoms. The molecule has 6 rings (SSSR count). The lowest BCUT2D eigenvalue weighted by atomic mass is 9.81. The van der Waals surface area contributed by atoms with E-state index in [9.17, 15) is 31.5 Å². The standard InChI is InChI=1S/C28H33F5N8O2/c29-27(30)9-5-18(6-10-27)24(38-25(43)20-13-34-41(39-20)14-16-1-2-16)21-15-40-12-8-19(35-26(40)36-21)23(17-3-4-17)37-22(42)7-11-28(31,32)33/h8,12-13,15-18,23-24H,1-7,9-11,14H2,(H,37,42)(H,38,43)/t23-,24-/m0/s1. The first-order chi connectivity index (χ1) is 20.4. The maximum absolute atomic E-state index is 14.0. The maximum Gasteiger partial charge on any atom is 0.389 e. The molecule has 0 radical (unpaired) electrons. The van der Waals surface area contributed by atoms with Crippen molar-refractivity contribution in [3.63, 3.8) is 0 Å². The van der Waals surface area contributed by atoms with E-state index in [4.69, 9.17) is 0 Å². The molecule has 15 heteroatoms. The Balaban J connectivity index is 1.22. The molecule has 232 valence electrons. The first-order valence-corrected chi connectivity index (χ1v) is 14.7. The van der Waals surface area contributed by atoms with Gasteiger partial charge < -0.3 is 10.6 Å². The molecule has 2 amide bonds. The van der Waals surface area contributed by atoms with E-state index in [0.29, 0.717) is 23.9 Å². The number of hydrogen-bond donors (Lipinski definition) is 2. The van der Waals surface area contributed by atoms with Crippen LogP contribution in [-0.4, -0.2) is 53.3 Å². The first kappa shape index (κ1) is 29.4. The number of carbonyl (C=O) groups is 2. The highest BCUT2D eigenvalue weighted by molar-refractivity contribution is 5.92. The minimum atomic E-state index is -4.43. The quantitative estimate of drug-likeness (QED) is 0.298. The Bertz CT molecular complexity index is 1470. The number of imidazole rings is 1. The number of hydrogen-bond acceptors (Lipinski definition) is 6. The normalized spacial score (nSPS) is 20.6. The van der Waals surface area contributed by atoms with E-state index < -0.39 is 48.8 Å². The summed E-state index contributed by atoms with van der Waals surface area (Å²) in [5.74, 6) is -3.41. The third-order valence-corrected chi connectivity index (χ3v) is 8.46. The van der Waals surface area contributed by atoms with Crippen LogP contribution in [0.2, 0.25) is 0 Å². The van der Waals surface area contributed by atoms with Gasteiger partial charge >= 0.3 is 6.18 Å². The van der Waals surface area contributed by atoms with Crippen molar-refractivity contribution >= 4 is 17.6 Å². The molecule has 3 aromatic rings. The molecular formula is C28H33F5N8O2. The highest BCUT2D eigenvalue weighted by Gasteiger charge is 2.40. The Morgan fingerprint density at radius 2 is 1.65 bits per heavy atom. The summed E-state index contributed by atoms with van der Waals surface area (Å²) < 4.78 is 67.5. The predicted molar refractivity (Wildman–Crippen MR) is 142 cm³/mol. The van der Waals surface area contributed by atoms with Gasteiger partial charge in [-0.1, -0.05) is 0 Å². The van der Waals surface area contributed by atoms with Crippen molar-refractivity contribution in [1.82, 2.24) is 40.0 Å². The minimum absolute atomic E-state index is 0.0588. The van der Waals surface area contributed by atoms with E-state index in [2.05, 4.69) is 30.8 Å². The monoisotopic (exact) mass is 608 g/mol. The van der Waals surface area contributed by atoms with Crippen LogP contribution in [0.25, 0.3) is 5.78 Å². The lowest BCUT2D eigenvalue weighted by Crippen LogP contribution is -2.37. The number of nitrogens with zero attached hydrogens (tertiary/aromatic N) is 6. The fraction of sp³-hybridized carbons (Fsp3) is 0.643. The predicted octanol–water partition coefficient (Wildman–Crippen LogP) is 4.94. The molecule has 3 aliphatic carbocycles. The van der Waals surface area contributed by atoms with E-state index in [1.165, 1.54) is 11.0 Å². The Kier molecular flexibility index (Phi) is 7.84. The van der Waals surface area contributed by atoms with Crippen molar-refractivity contribution in [3.05, 3.63) is 41.7 Å². The zero-order chi connectivity index (χ0) is 30.4. The van der Waals surface area contributed by atoms with Crippen LogP contribution in [-0.2, 0) is 11.3 Å². The summed E-state index contributed by atoms with van der Waals surface area (Å²) in [5, 5.41) is 14.1. The van der Waals surface area contributed by atoms with Crippen molar-refractivity contribution in [1.29, 1.82) is 0 Å². The molecule has 0 saturated heterocycles. The number of nitrogens with one attached hydrogen (secondary N) is 2. The number of rotatable bonds is 11. The average molecular weight is 609 g/mol. The molecule has 3 aromatic heterocycles. The van der Waals surface area contributed by atoms with Crippen molar-refractivity contribution in [3.8, 4) is 0 Å². The number of fused-ring (bicyclic) bond motifs is 1. The fourth-order valence-corrected chi connectivity index (χ4v) is 5.66. The summed E-state index contributed by atoms with van der Waals surface area (Å²) in [5.41, 5.74) is 1.04. The van der Waals surface area contributed by atoms with Gasteiger partial charge in [0, 0.05) is 31.7 Å². The molecule has 3 fully saturated rings. The summed E-state index contributed by atoms with van der Waals surface area (Å²) in [6.07, 6.45) is 2.06. The van der Waals surface area contributed by atoms with E-state index in [-0.39, 0.29) is 49.0 Å². The lowest BCUT2D eigenvalue weighted by molar-refractivity contribution is -0.144. The fourth-order valence-electron chi connectivity index (χ4n) is 5.66. The van der Waals surface area contributed by atoms with Crippen LogP contribution in [0.3, 0.4) is 0 Å². The SMILES string of the molecule is O=C(CCC(F)(F)F)N[C@H](c1ccn2cc([C@@H](NC(=O)c3cnn(CC4CC4)n3)C3CCC(F)(F)CC3)nc2n1)C1CC1. The smallest absolute Gasteiger partial charge is 0.347 e. The van der Waals surface area contributed by atoms with Gasteiger partial charge in [0.15, 0.2) is 5.69 Å². The summed E-state index contributed by atoms with van der Waals surface area (Å²) in [7, 11) is 0. The third kappa shape index (κ3) is 7.47. The van der Waals surface area contributed by atoms with Crippen LogP contribution in [0, 0.1) is 17.8 Å². The zero-order valence-corrected chi connectivity index (χ0v) is 23.4. The number of alkyl halides is 5. The number of carbonyl (C=O) groups excluding carboxylic acids is 2. The molecular weight excluding hydrogens is 575 g/mol. The van der Waals surface area contributed by atoms with Crippen LogP contribution in [0.1, 0.15) is 98.2 Å². The van der Waals surface area contributed by atoms with Gasteiger partial charge in [0.25, 0.3) is 5.91 Å². The molecule has 3 heterocycles. The zero-order valence-electron chi connectivity index (χ0n) is 23.4. The molecule has 0 unspecified atom stereocenters. The van der Waals surface area contributed by atoms with Gasteiger partial charge in [0.05, 0.1) is 42.6 Å². The van der Waals surface area contributed by atoms with Crippen molar-refractivity contribution in [2.45, 2.75) is 94.9 Å². The summed E-state index contributed by atoms with van der Waals surface area (Å²) in [6, 6.07) is 0.433. The summed E-state index contributed by atoms with van der Waals surface area (Å²) in [4.78, 5) is 36.3. The molecule has 10 nitrogen and oxygen atoms in total. The second-order valence-electron chi connectivity index (χ2n) is 12.1. The van der Waals surface area contributed by atoms with Crippen LogP contribution >= 0.6 is 0 Å². The van der Waals surface area contributed by atoms with E-state index in [1.807, 2.05) is 0 Å². The van der Waals surface area contributed by atoms with Crippen LogP contribution < -0.4 is 10.6 Å². The topological polar surface area (TPSA) is 119 Å². The van der Waals surface area contributed by atoms with Gasteiger partial charge in [-0.2, -0.15) is 23.1 Å². The van der Waals surface area contributed by atoms with Crippen molar-refractivity contribution in [2.24, 2.45) is 17.8 Å². The number of halogens is 5. The van der Waals surface area contributed by atoms with Gasteiger partial charge in [0.1, 0.15) is 0 Å². The highest BCUT2D eigenvalue weighted by Crippen LogP contribution is 2.42. The Morgan fingerprint density at radius 3 is 2.33 bits per heavy atom. The summed E-state index contributed by atoms with van der Waals surface area (Å²) in [6.45, 7) is 0.638. The molecule has 3 aliphatic rings. The lowest BCUT2D eigenvalue weighted by Gasteiger charge is -2.33. The van der Waals surface area contributed by atoms with Gasteiger partial charge in [-0.3, -0.25) is 14.0 Å². The molecule has 2 atom stereocenters. The highest BCUT2D eigenvalue weighted by atomic mass is 19.4. The maximum atomic E-state index is 14.0. The molecule has 0 bridgehead atoms. The van der Waals surface area contributed by atoms with E-state index in [0.717, 1.165) is 25.7 Å². The molecule has 3 saturated carbocycles. The largest absolute Gasteiger partial charge is 0.389 e. The van der Waals surface area contributed by atoms with Gasteiger partial charge in [-0.15, -0.1) is 5.10 Å². The Labute approximate surface area is 243 Å². The van der Waals surface area contributed by atoms with E-state index in [1.54, 1.807) is 22.9 Å². The van der Waals surface area contributed by atoms with Crippen LogP contribution in [0.4, 0.5) is 22.0 Å². The average Bonchev–Trinajstić information content (AvgIpc) is 3.87. The molecule has 0 aliphatic heterocycles. The van der Waals surface area contributed by atoms with Crippen molar-refractivity contribution in [2.75, 3.05) is 0 Å². The Morgan fingerprint density at radius 1 is 0.977 bits per heavy atom. The van der Waals surface area contributed by atoms with Crippen LogP contribution in [0.5, 0.6) is 0 Å². The van der Waals surface area contributed by atoms with Gasteiger partial charge in [-0.25, -0.2) is 18.7 Å². The first-order valence-electron chi connectivity index (χ1n) is 14.7. The molecule has 0 spiro atoms. The van der Waals surface area contributed by atoms with Crippen molar-refractivity contribution < 1.29 is 31.5 Å². The summed E-state index contributed by atoms with van der Waals surface area (Å²) >= 11 is 0. The minimum Gasteiger partial charge on any atom is -0.347 e. The Hall–Kier alpha value is -3.65. The van der Waals surface area contributed by atoms with E-state index >= 15 is 0 Å². The molecule has 2 N–H and O–H groups in total. The van der Waals surface area contributed by atoms with Crippen LogP contribution in [0.15, 0.2) is 24.7 Å². The molecule has 0 aromatic carbocycles. The number of aromatic nitrogens is 6. The van der Waals surface area contributed by atoms with Gasteiger partial charge in [0.2, 0.25) is 17.6 Å². The number of amides is 2.